The number of ether oxygens (including phenoxy) is 1. The molecule has 2 rings (SSSR count). The van der Waals surface area contributed by atoms with E-state index < -0.39 is 0 Å². The maximum atomic E-state index is 11.0. The van der Waals surface area contributed by atoms with E-state index in [0.29, 0.717) is 6.61 Å². The van der Waals surface area contributed by atoms with Gasteiger partial charge in [-0.25, -0.2) is 4.98 Å². The summed E-state index contributed by atoms with van der Waals surface area (Å²) in [5.41, 5.74) is -0.0874. The zero-order valence-corrected chi connectivity index (χ0v) is 7.32. The average molecular weight is 180 g/mol. The molecule has 1 fully saturated rings. The molecule has 1 N–H and O–H groups in total. The number of aromatic amines is 1. The van der Waals surface area contributed by atoms with Crippen molar-refractivity contribution in [1.82, 2.24) is 9.97 Å². The van der Waals surface area contributed by atoms with Crippen LogP contribution in [0.15, 0.2) is 17.1 Å². The third-order valence-electron chi connectivity index (χ3n) is 2.24. The van der Waals surface area contributed by atoms with E-state index in [1.54, 1.807) is 6.20 Å². The Hall–Kier alpha value is -1.16. The molecule has 1 aliphatic heterocycles. The van der Waals surface area contributed by atoms with Gasteiger partial charge < -0.3 is 9.72 Å². The van der Waals surface area contributed by atoms with Crippen molar-refractivity contribution >= 4 is 0 Å². The molecule has 0 amide bonds. The standard InChI is InChI=1S/C9H12N2O2/c12-8-3-4-10-9(11-8)7-2-1-5-13-6-7/h3-4,7H,1-2,5-6H2,(H,10,11,12). The van der Waals surface area contributed by atoms with Crippen LogP contribution in [0.3, 0.4) is 0 Å². The highest BCUT2D eigenvalue weighted by Crippen LogP contribution is 2.20. The Labute approximate surface area is 76.0 Å². The van der Waals surface area contributed by atoms with Crippen molar-refractivity contribution in [3.05, 3.63) is 28.4 Å². The first-order chi connectivity index (χ1) is 6.36. The lowest BCUT2D eigenvalue weighted by atomic mass is 10.0. The van der Waals surface area contributed by atoms with Crippen molar-refractivity contribution in [3.8, 4) is 0 Å². The van der Waals surface area contributed by atoms with Gasteiger partial charge in [-0.1, -0.05) is 0 Å². The number of nitrogens with one attached hydrogen (secondary N) is 1. The molecule has 4 nitrogen and oxygen atoms in total. The lowest BCUT2D eigenvalue weighted by Crippen LogP contribution is -2.20. The normalized spacial score (nSPS) is 22.9. The van der Waals surface area contributed by atoms with Crippen molar-refractivity contribution in [3.63, 3.8) is 0 Å². The van der Waals surface area contributed by atoms with Crippen LogP contribution in [0.25, 0.3) is 0 Å². The molecule has 1 aromatic rings. The number of hydrogen-bond acceptors (Lipinski definition) is 3. The second-order valence-electron chi connectivity index (χ2n) is 3.23. The highest BCUT2D eigenvalue weighted by atomic mass is 16.5. The Morgan fingerprint density at radius 1 is 1.62 bits per heavy atom. The molecule has 1 saturated heterocycles. The average Bonchev–Trinajstić information content (AvgIpc) is 2.19. The van der Waals surface area contributed by atoms with Crippen LogP contribution >= 0.6 is 0 Å². The van der Waals surface area contributed by atoms with Gasteiger partial charge in [0.05, 0.1) is 6.61 Å². The van der Waals surface area contributed by atoms with Gasteiger partial charge in [0.15, 0.2) is 0 Å². The number of H-pyrrole nitrogens is 1. The van der Waals surface area contributed by atoms with Crippen molar-refractivity contribution in [1.29, 1.82) is 0 Å². The minimum absolute atomic E-state index is 0.0874. The smallest absolute Gasteiger partial charge is 0.250 e. The second-order valence-corrected chi connectivity index (χ2v) is 3.23. The van der Waals surface area contributed by atoms with Crippen LogP contribution in [-0.4, -0.2) is 23.2 Å². The lowest BCUT2D eigenvalue weighted by Gasteiger charge is -2.20. The summed E-state index contributed by atoms with van der Waals surface area (Å²) >= 11 is 0. The van der Waals surface area contributed by atoms with Crippen molar-refractivity contribution in [2.24, 2.45) is 0 Å². The molecule has 1 aliphatic rings. The number of aromatic nitrogens is 2. The van der Waals surface area contributed by atoms with Crippen LogP contribution in [-0.2, 0) is 4.74 Å². The molecule has 0 bridgehead atoms. The van der Waals surface area contributed by atoms with Crippen LogP contribution in [0.1, 0.15) is 24.6 Å². The molecule has 1 unspecified atom stereocenters. The summed E-state index contributed by atoms with van der Waals surface area (Å²) in [7, 11) is 0. The second kappa shape index (κ2) is 3.70. The largest absolute Gasteiger partial charge is 0.381 e. The fraction of sp³-hybridized carbons (Fsp3) is 0.556. The Balaban J connectivity index is 2.19. The van der Waals surface area contributed by atoms with E-state index in [4.69, 9.17) is 4.74 Å². The van der Waals surface area contributed by atoms with E-state index >= 15 is 0 Å². The maximum Gasteiger partial charge on any atom is 0.250 e. The van der Waals surface area contributed by atoms with E-state index in [-0.39, 0.29) is 11.5 Å². The van der Waals surface area contributed by atoms with Gasteiger partial charge >= 0.3 is 0 Å². The third-order valence-corrected chi connectivity index (χ3v) is 2.24. The first-order valence-electron chi connectivity index (χ1n) is 4.49. The molecule has 2 heterocycles. The molecule has 0 saturated carbocycles. The summed E-state index contributed by atoms with van der Waals surface area (Å²) in [6, 6.07) is 1.42. The molecule has 1 aromatic heterocycles. The van der Waals surface area contributed by atoms with E-state index in [0.717, 1.165) is 25.3 Å². The van der Waals surface area contributed by atoms with Crippen LogP contribution in [0.5, 0.6) is 0 Å². The molecule has 0 aliphatic carbocycles. The SMILES string of the molecule is O=c1ccnc(C2CCCOC2)[nH]1. The fourth-order valence-corrected chi connectivity index (χ4v) is 1.55. The minimum atomic E-state index is -0.0874. The maximum absolute atomic E-state index is 11.0. The predicted octanol–water partition coefficient (Wildman–Crippen LogP) is 0.664. The molecular weight excluding hydrogens is 168 g/mol. The number of nitrogens with zero attached hydrogens (tertiary/aromatic N) is 1. The van der Waals surface area contributed by atoms with Crippen LogP contribution < -0.4 is 5.56 Å². The molecule has 13 heavy (non-hydrogen) atoms. The van der Waals surface area contributed by atoms with Gasteiger partial charge in [0, 0.05) is 24.8 Å². The number of rotatable bonds is 1. The van der Waals surface area contributed by atoms with E-state index in [2.05, 4.69) is 9.97 Å². The van der Waals surface area contributed by atoms with Gasteiger partial charge in [-0.3, -0.25) is 4.79 Å². The first-order valence-corrected chi connectivity index (χ1v) is 4.49. The zero-order chi connectivity index (χ0) is 9.10. The van der Waals surface area contributed by atoms with E-state index in [1.807, 2.05) is 0 Å². The topological polar surface area (TPSA) is 55.0 Å². The van der Waals surface area contributed by atoms with Crippen LogP contribution in [0, 0.1) is 0 Å². The van der Waals surface area contributed by atoms with E-state index in [9.17, 15) is 4.79 Å². The van der Waals surface area contributed by atoms with Gasteiger partial charge in [0.1, 0.15) is 5.82 Å². The van der Waals surface area contributed by atoms with Crippen molar-refractivity contribution in [2.45, 2.75) is 18.8 Å². The summed E-state index contributed by atoms with van der Waals surface area (Å²) in [5, 5.41) is 0. The molecule has 4 heteroatoms. The first kappa shape index (κ1) is 8.44. The van der Waals surface area contributed by atoms with Gasteiger partial charge in [-0.2, -0.15) is 0 Å². The van der Waals surface area contributed by atoms with Crippen molar-refractivity contribution in [2.75, 3.05) is 13.2 Å². The van der Waals surface area contributed by atoms with Gasteiger partial charge in [-0.15, -0.1) is 0 Å². The Morgan fingerprint density at radius 3 is 3.23 bits per heavy atom. The molecule has 0 spiro atoms. The van der Waals surface area contributed by atoms with Crippen molar-refractivity contribution < 1.29 is 4.74 Å². The lowest BCUT2D eigenvalue weighted by molar-refractivity contribution is 0.0780. The summed E-state index contributed by atoms with van der Waals surface area (Å²) in [4.78, 5) is 17.9. The van der Waals surface area contributed by atoms with Gasteiger partial charge in [0.25, 0.3) is 5.56 Å². The van der Waals surface area contributed by atoms with Crippen LogP contribution in [0.2, 0.25) is 0 Å². The Bertz CT molecular complexity index is 328. The highest BCUT2D eigenvalue weighted by molar-refractivity contribution is 4.98. The molecular formula is C9H12N2O2. The van der Waals surface area contributed by atoms with Crippen LogP contribution in [0.4, 0.5) is 0 Å². The Morgan fingerprint density at radius 2 is 2.54 bits per heavy atom. The summed E-state index contributed by atoms with van der Waals surface area (Å²) in [6.07, 6.45) is 3.64. The minimum Gasteiger partial charge on any atom is -0.381 e. The van der Waals surface area contributed by atoms with E-state index in [1.165, 1.54) is 6.07 Å². The molecule has 70 valence electrons. The Kier molecular flexibility index (Phi) is 2.40. The number of hydrogen-bond donors (Lipinski definition) is 1. The monoisotopic (exact) mass is 180 g/mol. The molecule has 0 radical (unpaired) electrons. The quantitative estimate of drug-likeness (QED) is 0.690. The molecule has 0 aromatic carbocycles. The summed E-state index contributed by atoms with van der Waals surface area (Å²) in [5.74, 6) is 1.02. The fourth-order valence-electron chi connectivity index (χ4n) is 1.55. The zero-order valence-electron chi connectivity index (χ0n) is 7.32. The predicted molar refractivity (Wildman–Crippen MR) is 47.7 cm³/mol. The molecule has 1 atom stereocenters. The third kappa shape index (κ3) is 1.95. The van der Waals surface area contributed by atoms with Gasteiger partial charge in [-0.05, 0) is 12.8 Å². The summed E-state index contributed by atoms with van der Waals surface area (Å²) in [6.45, 7) is 1.50. The summed E-state index contributed by atoms with van der Waals surface area (Å²) < 4.78 is 5.31. The van der Waals surface area contributed by atoms with Gasteiger partial charge in [0.2, 0.25) is 0 Å². The highest BCUT2D eigenvalue weighted by Gasteiger charge is 2.17.